The summed E-state index contributed by atoms with van der Waals surface area (Å²) in [6.45, 7) is 1.70. The van der Waals surface area contributed by atoms with E-state index >= 15 is 0 Å². The second-order valence-electron chi connectivity index (χ2n) is 2.94. The van der Waals surface area contributed by atoms with Gasteiger partial charge in [0.25, 0.3) is 0 Å². The molecule has 0 unspecified atom stereocenters. The molecule has 4 nitrogen and oxygen atoms in total. The standard InChI is InChI=1S/C10H11NO3/c1-7-8(10(13)14)4-5-11-9(7)3-2-6-12/h4-6H,2-3H2,1H3,(H,13,14). The summed E-state index contributed by atoms with van der Waals surface area (Å²) in [4.78, 5) is 25.0. The van der Waals surface area contributed by atoms with Crippen LogP contribution in [0.2, 0.25) is 0 Å². The highest BCUT2D eigenvalue weighted by molar-refractivity contribution is 5.89. The Hall–Kier alpha value is -1.71. The number of hydrogen-bond acceptors (Lipinski definition) is 3. The molecule has 0 saturated carbocycles. The van der Waals surface area contributed by atoms with Crippen LogP contribution < -0.4 is 0 Å². The maximum Gasteiger partial charge on any atom is 0.336 e. The number of rotatable bonds is 4. The Morgan fingerprint density at radius 1 is 1.64 bits per heavy atom. The van der Waals surface area contributed by atoms with E-state index in [1.54, 1.807) is 6.92 Å². The van der Waals surface area contributed by atoms with Crippen LogP contribution in [-0.4, -0.2) is 22.3 Å². The van der Waals surface area contributed by atoms with E-state index in [1.807, 2.05) is 0 Å². The lowest BCUT2D eigenvalue weighted by Gasteiger charge is -2.05. The van der Waals surface area contributed by atoms with Crippen LogP contribution >= 0.6 is 0 Å². The van der Waals surface area contributed by atoms with Gasteiger partial charge in [0, 0.05) is 18.3 Å². The Kier molecular flexibility index (Phi) is 3.34. The van der Waals surface area contributed by atoms with E-state index in [1.165, 1.54) is 12.3 Å². The zero-order valence-corrected chi connectivity index (χ0v) is 7.86. The summed E-state index contributed by atoms with van der Waals surface area (Å²) in [5.74, 6) is -0.961. The molecule has 0 saturated heterocycles. The van der Waals surface area contributed by atoms with E-state index in [4.69, 9.17) is 5.11 Å². The van der Waals surface area contributed by atoms with Gasteiger partial charge in [-0.2, -0.15) is 0 Å². The van der Waals surface area contributed by atoms with Gasteiger partial charge in [0.1, 0.15) is 6.29 Å². The van der Waals surface area contributed by atoms with Gasteiger partial charge in [-0.1, -0.05) is 0 Å². The zero-order valence-electron chi connectivity index (χ0n) is 7.86. The van der Waals surface area contributed by atoms with Crippen LogP contribution in [0.25, 0.3) is 0 Å². The minimum Gasteiger partial charge on any atom is -0.478 e. The van der Waals surface area contributed by atoms with Gasteiger partial charge in [0.05, 0.1) is 5.56 Å². The molecule has 0 fully saturated rings. The smallest absolute Gasteiger partial charge is 0.336 e. The van der Waals surface area contributed by atoms with Gasteiger partial charge in [-0.15, -0.1) is 0 Å². The quantitative estimate of drug-likeness (QED) is 0.730. The molecule has 1 rings (SSSR count). The van der Waals surface area contributed by atoms with E-state index in [9.17, 15) is 9.59 Å². The number of hydrogen-bond donors (Lipinski definition) is 1. The molecule has 1 heterocycles. The van der Waals surface area contributed by atoms with Crippen LogP contribution in [0.4, 0.5) is 0 Å². The van der Waals surface area contributed by atoms with Crippen molar-refractivity contribution in [2.24, 2.45) is 0 Å². The average molecular weight is 193 g/mol. The predicted octanol–water partition coefficient (Wildman–Crippen LogP) is 1.22. The van der Waals surface area contributed by atoms with Gasteiger partial charge >= 0.3 is 5.97 Å². The van der Waals surface area contributed by atoms with Gasteiger partial charge in [-0.25, -0.2) is 4.79 Å². The molecular formula is C10H11NO3. The number of carbonyl (C=O) groups is 2. The monoisotopic (exact) mass is 193 g/mol. The van der Waals surface area contributed by atoms with Crippen molar-refractivity contribution in [1.29, 1.82) is 0 Å². The van der Waals surface area contributed by atoms with Crippen molar-refractivity contribution in [1.82, 2.24) is 4.98 Å². The van der Waals surface area contributed by atoms with Gasteiger partial charge in [0.15, 0.2) is 0 Å². The topological polar surface area (TPSA) is 67.3 Å². The molecule has 0 aliphatic rings. The van der Waals surface area contributed by atoms with Crippen LogP contribution in [0.3, 0.4) is 0 Å². The van der Waals surface area contributed by atoms with Crippen LogP contribution in [0, 0.1) is 6.92 Å². The summed E-state index contributed by atoms with van der Waals surface area (Å²) in [6, 6.07) is 1.46. The predicted molar refractivity (Wildman–Crippen MR) is 50.3 cm³/mol. The van der Waals surface area contributed by atoms with Crippen LogP contribution in [0.5, 0.6) is 0 Å². The average Bonchev–Trinajstić information content (AvgIpc) is 2.16. The summed E-state index contributed by atoms with van der Waals surface area (Å²) >= 11 is 0. The highest BCUT2D eigenvalue weighted by Crippen LogP contribution is 2.12. The molecule has 1 N–H and O–H groups in total. The first-order valence-corrected chi connectivity index (χ1v) is 4.28. The van der Waals surface area contributed by atoms with Crippen LogP contribution in [-0.2, 0) is 11.2 Å². The van der Waals surface area contributed by atoms with Gasteiger partial charge in [0.2, 0.25) is 0 Å². The molecule has 0 aliphatic heterocycles. The van der Waals surface area contributed by atoms with E-state index in [-0.39, 0.29) is 5.56 Å². The highest BCUT2D eigenvalue weighted by atomic mass is 16.4. The number of nitrogens with zero attached hydrogens (tertiary/aromatic N) is 1. The minimum absolute atomic E-state index is 0.251. The Morgan fingerprint density at radius 3 is 2.93 bits per heavy atom. The number of carboxylic acid groups (broad SMARTS) is 1. The van der Waals surface area contributed by atoms with E-state index in [0.29, 0.717) is 24.1 Å². The lowest BCUT2D eigenvalue weighted by molar-refractivity contribution is -0.107. The second kappa shape index (κ2) is 4.50. The number of aromatic carboxylic acids is 1. The fraction of sp³-hybridized carbons (Fsp3) is 0.300. The molecule has 4 heteroatoms. The number of pyridine rings is 1. The summed E-state index contributed by atoms with van der Waals surface area (Å²) in [7, 11) is 0. The Bertz CT molecular complexity index is 360. The summed E-state index contributed by atoms with van der Waals surface area (Å²) < 4.78 is 0. The molecule has 0 aliphatic carbocycles. The van der Waals surface area contributed by atoms with Crippen LogP contribution in [0.1, 0.15) is 28.0 Å². The van der Waals surface area contributed by atoms with Crippen molar-refractivity contribution in [2.75, 3.05) is 0 Å². The van der Waals surface area contributed by atoms with E-state index in [2.05, 4.69) is 4.98 Å². The SMILES string of the molecule is Cc1c(C(=O)O)ccnc1CCC=O. The summed E-state index contributed by atoms with van der Waals surface area (Å²) in [5.41, 5.74) is 1.57. The molecule has 74 valence electrons. The second-order valence-corrected chi connectivity index (χ2v) is 2.94. The Balaban J connectivity index is 3.01. The molecule has 14 heavy (non-hydrogen) atoms. The number of carbonyl (C=O) groups excluding carboxylic acids is 1. The van der Waals surface area contributed by atoms with Crippen molar-refractivity contribution in [3.8, 4) is 0 Å². The minimum atomic E-state index is -0.961. The molecule has 0 bridgehead atoms. The van der Waals surface area contributed by atoms with E-state index in [0.717, 1.165) is 6.29 Å². The highest BCUT2D eigenvalue weighted by Gasteiger charge is 2.10. The third kappa shape index (κ3) is 2.16. The number of aryl methyl sites for hydroxylation is 1. The van der Waals surface area contributed by atoms with Crippen molar-refractivity contribution in [3.63, 3.8) is 0 Å². The van der Waals surface area contributed by atoms with E-state index < -0.39 is 5.97 Å². The van der Waals surface area contributed by atoms with Gasteiger partial charge in [-0.3, -0.25) is 4.98 Å². The molecule has 0 spiro atoms. The molecule has 0 amide bonds. The lowest BCUT2D eigenvalue weighted by atomic mass is 10.1. The first-order chi connectivity index (χ1) is 6.66. The van der Waals surface area contributed by atoms with Crippen LogP contribution in [0.15, 0.2) is 12.3 Å². The number of aromatic nitrogens is 1. The lowest BCUT2D eigenvalue weighted by Crippen LogP contribution is -2.04. The fourth-order valence-corrected chi connectivity index (χ4v) is 1.26. The fourth-order valence-electron chi connectivity index (χ4n) is 1.26. The summed E-state index contributed by atoms with van der Waals surface area (Å²) in [5, 5.41) is 8.82. The van der Waals surface area contributed by atoms with Gasteiger partial charge in [-0.05, 0) is 25.0 Å². The number of aldehydes is 1. The van der Waals surface area contributed by atoms with Gasteiger partial charge < -0.3 is 9.90 Å². The first kappa shape index (κ1) is 10.4. The first-order valence-electron chi connectivity index (χ1n) is 4.28. The molecule has 0 radical (unpaired) electrons. The molecule has 0 aromatic carbocycles. The molecular weight excluding hydrogens is 182 g/mol. The maximum absolute atomic E-state index is 10.8. The molecule has 0 atom stereocenters. The third-order valence-electron chi connectivity index (χ3n) is 2.04. The molecule has 1 aromatic rings. The summed E-state index contributed by atoms with van der Waals surface area (Å²) in [6.07, 6.45) is 3.12. The van der Waals surface area contributed by atoms with Crippen molar-refractivity contribution in [2.45, 2.75) is 19.8 Å². The Labute approximate surface area is 81.6 Å². The largest absolute Gasteiger partial charge is 0.478 e. The van der Waals surface area contributed by atoms with Crippen molar-refractivity contribution < 1.29 is 14.7 Å². The Morgan fingerprint density at radius 2 is 2.36 bits per heavy atom. The number of carboxylic acids is 1. The van der Waals surface area contributed by atoms with Crippen molar-refractivity contribution in [3.05, 3.63) is 29.1 Å². The zero-order chi connectivity index (χ0) is 10.6. The normalized spacial score (nSPS) is 9.79. The maximum atomic E-state index is 10.8. The molecule has 1 aromatic heterocycles. The van der Waals surface area contributed by atoms with Crippen molar-refractivity contribution >= 4 is 12.3 Å². The third-order valence-corrected chi connectivity index (χ3v) is 2.04.